The first-order valence-corrected chi connectivity index (χ1v) is 9.82. The molecular weight excluding hydrogens is 370 g/mol. The average molecular weight is 391 g/mol. The van der Waals surface area contributed by atoms with E-state index >= 15 is 0 Å². The minimum atomic E-state index is -0.846. The SMILES string of the molecule is N#CCCNCCCN1C(=O)C2(COc3cc4c(cc32)OCO4)c2ccccc21. The quantitative estimate of drug-likeness (QED) is 0.761. The number of nitriles is 1. The van der Waals surface area contributed by atoms with Crippen LogP contribution >= 0.6 is 0 Å². The molecule has 0 aromatic heterocycles. The van der Waals surface area contributed by atoms with Crippen molar-refractivity contribution in [1.82, 2.24) is 5.32 Å². The molecule has 2 aromatic carbocycles. The number of ether oxygens (including phenoxy) is 3. The molecule has 1 unspecified atom stereocenters. The van der Waals surface area contributed by atoms with Gasteiger partial charge in [-0.15, -0.1) is 0 Å². The van der Waals surface area contributed by atoms with Crippen molar-refractivity contribution in [3.05, 3.63) is 47.5 Å². The Morgan fingerprint density at radius 2 is 1.90 bits per heavy atom. The van der Waals surface area contributed by atoms with Crippen molar-refractivity contribution in [3.63, 3.8) is 0 Å². The van der Waals surface area contributed by atoms with Crippen molar-refractivity contribution in [1.29, 1.82) is 5.26 Å². The molecule has 1 N–H and O–H groups in total. The summed E-state index contributed by atoms with van der Waals surface area (Å²) in [4.78, 5) is 15.6. The number of rotatable bonds is 6. The van der Waals surface area contributed by atoms with Gasteiger partial charge in [0, 0.05) is 36.8 Å². The Morgan fingerprint density at radius 3 is 2.76 bits per heavy atom. The molecular formula is C22H21N3O4. The van der Waals surface area contributed by atoms with Gasteiger partial charge in [-0.05, 0) is 30.7 Å². The molecule has 2 aromatic rings. The van der Waals surface area contributed by atoms with Crippen LogP contribution in [0.1, 0.15) is 24.0 Å². The van der Waals surface area contributed by atoms with Crippen molar-refractivity contribution in [3.8, 4) is 23.3 Å². The van der Waals surface area contributed by atoms with Crippen LogP contribution in [0.3, 0.4) is 0 Å². The summed E-state index contributed by atoms with van der Waals surface area (Å²) in [7, 11) is 0. The van der Waals surface area contributed by atoms with Gasteiger partial charge in [-0.2, -0.15) is 5.26 Å². The number of para-hydroxylation sites is 1. The first kappa shape index (κ1) is 17.8. The highest BCUT2D eigenvalue weighted by Crippen LogP contribution is 2.54. The van der Waals surface area contributed by atoms with Crippen LogP contribution in [-0.2, 0) is 10.2 Å². The molecule has 0 bridgehead atoms. The van der Waals surface area contributed by atoms with E-state index in [1.807, 2.05) is 41.3 Å². The Kier molecular flexibility index (Phi) is 4.29. The van der Waals surface area contributed by atoms with Crippen LogP contribution < -0.4 is 24.4 Å². The van der Waals surface area contributed by atoms with Gasteiger partial charge in [0.1, 0.15) is 17.8 Å². The third-order valence-corrected chi connectivity index (χ3v) is 5.79. The number of nitrogens with zero attached hydrogens (tertiary/aromatic N) is 2. The number of fused-ring (bicyclic) bond motifs is 5. The van der Waals surface area contributed by atoms with Crippen LogP contribution in [-0.4, -0.2) is 38.9 Å². The van der Waals surface area contributed by atoms with Crippen molar-refractivity contribution in [2.45, 2.75) is 18.3 Å². The summed E-state index contributed by atoms with van der Waals surface area (Å²) in [6.45, 7) is 2.49. The third-order valence-electron chi connectivity index (χ3n) is 5.79. The fraction of sp³-hybridized carbons (Fsp3) is 0.364. The lowest BCUT2D eigenvalue weighted by Crippen LogP contribution is -2.43. The van der Waals surface area contributed by atoms with Gasteiger partial charge in [0.2, 0.25) is 12.7 Å². The van der Waals surface area contributed by atoms with Gasteiger partial charge >= 0.3 is 0 Å². The molecule has 0 saturated heterocycles. The number of hydrogen-bond donors (Lipinski definition) is 1. The van der Waals surface area contributed by atoms with Crippen molar-refractivity contribution >= 4 is 11.6 Å². The van der Waals surface area contributed by atoms with E-state index in [2.05, 4.69) is 11.4 Å². The number of amides is 1. The molecule has 29 heavy (non-hydrogen) atoms. The van der Waals surface area contributed by atoms with Crippen LogP contribution in [0.25, 0.3) is 0 Å². The van der Waals surface area contributed by atoms with Crippen molar-refractivity contribution in [2.24, 2.45) is 0 Å². The lowest BCUT2D eigenvalue weighted by molar-refractivity contribution is -0.122. The molecule has 7 heteroatoms. The number of nitrogens with one attached hydrogen (secondary N) is 1. The first-order valence-electron chi connectivity index (χ1n) is 9.82. The van der Waals surface area contributed by atoms with E-state index < -0.39 is 5.41 Å². The highest BCUT2D eigenvalue weighted by Gasteiger charge is 2.57. The normalized spacial score (nSPS) is 20.5. The molecule has 7 nitrogen and oxygen atoms in total. The standard InChI is InChI=1S/C22H21N3O4/c23-7-3-8-24-9-4-10-25-17-6-2-1-5-15(17)22(21(25)26)13-27-18-12-20-19(11-16(18)22)28-14-29-20/h1-2,5-6,11-12,24H,3-4,8-10,13-14H2. The molecule has 3 aliphatic heterocycles. The maximum atomic E-state index is 13.7. The fourth-order valence-electron chi connectivity index (χ4n) is 4.42. The molecule has 3 heterocycles. The Morgan fingerprint density at radius 1 is 1.07 bits per heavy atom. The monoisotopic (exact) mass is 391 g/mol. The van der Waals surface area contributed by atoms with Crippen LogP contribution in [0, 0.1) is 11.3 Å². The lowest BCUT2D eigenvalue weighted by Gasteiger charge is -2.23. The number of benzene rings is 2. The largest absolute Gasteiger partial charge is 0.491 e. The van der Waals surface area contributed by atoms with E-state index in [-0.39, 0.29) is 19.3 Å². The molecule has 1 amide bonds. The summed E-state index contributed by atoms with van der Waals surface area (Å²) >= 11 is 0. The summed E-state index contributed by atoms with van der Waals surface area (Å²) in [5.41, 5.74) is 1.90. The Balaban J connectivity index is 1.46. The summed E-state index contributed by atoms with van der Waals surface area (Å²) in [5.74, 6) is 2.02. The zero-order chi connectivity index (χ0) is 19.8. The number of anilines is 1. The predicted octanol–water partition coefficient (Wildman–Crippen LogP) is 2.33. The lowest BCUT2D eigenvalue weighted by atomic mass is 9.77. The Bertz CT molecular complexity index is 1020. The first-order chi connectivity index (χ1) is 14.3. The Hall–Kier alpha value is -3.24. The number of carbonyl (C=O) groups excluding carboxylic acids is 1. The highest BCUT2D eigenvalue weighted by atomic mass is 16.7. The van der Waals surface area contributed by atoms with Gasteiger partial charge in [0.05, 0.1) is 6.07 Å². The second kappa shape index (κ2) is 6.98. The van der Waals surface area contributed by atoms with E-state index in [4.69, 9.17) is 19.5 Å². The zero-order valence-electron chi connectivity index (χ0n) is 15.9. The molecule has 5 rings (SSSR count). The molecule has 0 aliphatic carbocycles. The van der Waals surface area contributed by atoms with Gasteiger partial charge in [-0.3, -0.25) is 4.79 Å². The molecule has 1 spiro atoms. The van der Waals surface area contributed by atoms with E-state index in [9.17, 15) is 4.79 Å². The number of carbonyl (C=O) groups is 1. The number of hydrogen-bond acceptors (Lipinski definition) is 6. The average Bonchev–Trinajstić information content (AvgIpc) is 3.41. The summed E-state index contributed by atoms with van der Waals surface area (Å²) in [6, 6.07) is 13.8. The maximum Gasteiger partial charge on any atom is 0.245 e. The topological polar surface area (TPSA) is 83.8 Å². The maximum absolute atomic E-state index is 13.7. The zero-order valence-corrected chi connectivity index (χ0v) is 15.9. The summed E-state index contributed by atoms with van der Waals surface area (Å²) < 4.78 is 17.0. The van der Waals surface area contributed by atoms with Gasteiger partial charge in [-0.25, -0.2) is 0 Å². The van der Waals surface area contributed by atoms with E-state index in [0.29, 0.717) is 36.8 Å². The van der Waals surface area contributed by atoms with Crippen molar-refractivity contribution in [2.75, 3.05) is 37.9 Å². The van der Waals surface area contributed by atoms with Crippen LogP contribution in [0.15, 0.2) is 36.4 Å². The smallest absolute Gasteiger partial charge is 0.245 e. The molecule has 0 radical (unpaired) electrons. The highest BCUT2D eigenvalue weighted by molar-refractivity contribution is 6.11. The third kappa shape index (κ3) is 2.64. The minimum Gasteiger partial charge on any atom is -0.491 e. The Labute approximate surface area is 168 Å². The van der Waals surface area contributed by atoms with Gasteiger partial charge < -0.3 is 24.4 Å². The minimum absolute atomic E-state index is 0.0355. The second-order valence-electron chi connectivity index (χ2n) is 7.38. The van der Waals surface area contributed by atoms with E-state index in [1.54, 1.807) is 0 Å². The van der Waals surface area contributed by atoms with Gasteiger partial charge in [0.15, 0.2) is 11.5 Å². The van der Waals surface area contributed by atoms with E-state index in [0.717, 1.165) is 29.8 Å². The van der Waals surface area contributed by atoms with Gasteiger partial charge in [0.25, 0.3) is 0 Å². The van der Waals surface area contributed by atoms with Gasteiger partial charge in [-0.1, -0.05) is 18.2 Å². The fourth-order valence-corrected chi connectivity index (χ4v) is 4.42. The molecule has 0 saturated carbocycles. The van der Waals surface area contributed by atoms with Crippen LogP contribution in [0.5, 0.6) is 17.2 Å². The second-order valence-corrected chi connectivity index (χ2v) is 7.38. The van der Waals surface area contributed by atoms with Crippen LogP contribution in [0.4, 0.5) is 5.69 Å². The summed E-state index contributed by atoms with van der Waals surface area (Å²) in [6.07, 6.45) is 1.29. The molecule has 148 valence electrons. The summed E-state index contributed by atoms with van der Waals surface area (Å²) in [5, 5.41) is 11.9. The molecule has 3 aliphatic rings. The van der Waals surface area contributed by atoms with Crippen LogP contribution in [0.2, 0.25) is 0 Å². The predicted molar refractivity (Wildman–Crippen MR) is 105 cm³/mol. The van der Waals surface area contributed by atoms with E-state index in [1.165, 1.54) is 0 Å². The molecule has 0 fully saturated rings. The van der Waals surface area contributed by atoms with Crippen molar-refractivity contribution < 1.29 is 19.0 Å². The molecule has 1 atom stereocenters.